The third kappa shape index (κ3) is 2.60. The smallest absolute Gasteiger partial charge is 0.245 e. The molecule has 0 aromatic carbocycles. The summed E-state index contributed by atoms with van der Waals surface area (Å²) in [5.41, 5.74) is 0.493. The summed E-state index contributed by atoms with van der Waals surface area (Å²) in [5.74, 6) is 0.449. The molecule has 1 spiro atoms. The second kappa shape index (κ2) is 5.23. The van der Waals surface area contributed by atoms with Gasteiger partial charge in [-0.1, -0.05) is 6.58 Å². The van der Waals surface area contributed by atoms with Crippen LogP contribution in [-0.4, -0.2) is 47.8 Å². The first-order valence-electron chi connectivity index (χ1n) is 7.84. The monoisotopic (exact) mass is 276 g/mol. The Kier molecular flexibility index (Phi) is 3.57. The van der Waals surface area contributed by atoms with Crippen LogP contribution in [0.15, 0.2) is 12.7 Å². The van der Waals surface area contributed by atoms with Gasteiger partial charge in [-0.25, -0.2) is 0 Å². The van der Waals surface area contributed by atoms with E-state index in [9.17, 15) is 9.59 Å². The second-order valence-corrected chi connectivity index (χ2v) is 6.67. The van der Waals surface area contributed by atoms with Crippen LogP contribution in [0.25, 0.3) is 0 Å². The van der Waals surface area contributed by atoms with Gasteiger partial charge < -0.3 is 9.80 Å². The predicted octanol–water partition coefficient (Wildman–Crippen LogP) is 1.81. The Balaban J connectivity index is 1.53. The molecule has 0 bridgehead atoms. The summed E-state index contributed by atoms with van der Waals surface area (Å²) < 4.78 is 0. The Labute approximate surface area is 120 Å². The third-order valence-corrected chi connectivity index (χ3v) is 5.26. The molecule has 3 aliphatic rings. The van der Waals surface area contributed by atoms with Crippen LogP contribution < -0.4 is 0 Å². The number of amides is 2. The van der Waals surface area contributed by atoms with E-state index >= 15 is 0 Å². The van der Waals surface area contributed by atoms with Gasteiger partial charge in [0, 0.05) is 32.1 Å². The Morgan fingerprint density at radius 1 is 1.05 bits per heavy atom. The van der Waals surface area contributed by atoms with Gasteiger partial charge >= 0.3 is 0 Å². The molecule has 0 atom stereocenters. The maximum absolute atomic E-state index is 12.6. The molecule has 0 N–H and O–H groups in total. The maximum atomic E-state index is 12.6. The number of hydrogen-bond acceptors (Lipinski definition) is 2. The van der Waals surface area contributed by atoms with Crippen molar-refractivity contribution < 1.29 is 9.59 Å². The van der Waals surface area contributed by atoms with E-state index in [0.29, 0.717) is 24.4 Å². The van der Waals surface area contributed by atoms with Crippen LogP contribution in [0.4, 0.5) is 0 Å². The Hall–Kier alpha value is -1.32. The van der Waals surface area contributed by atoms with Gasteiger partial charge in [-0.05, 0) is 50.0 Å². The molecule has 2 amide bonds. The highest BCUT2D eigenvalue weighted by atomic mass is 16.2. The summed E-state index contributed by atoms with van der Waals surface area (Å²) in [6.45, 7) is 6.83. The minimum atomic E-state index is -0.00851. The van der Waals surface area contributed by atoms with Crippen molar-refractivity contribution in [2.45, 2.75) is 38.5 Å². The summed E-state index contributed by atoms with van der Waals surface area (Å²) in [6, 6.07) is 0. The van der Waals surface area contributed by atoms with Crippen molar-refractivity contribution in [3.63, 3.8) is 0 Å². The molecular formula is C16H24N2O2. The lowest BCUT2D eigenvalue weighted by Crippen LogP contribution is -2.47. The SMILES string of the molecule is C=CC(=O)N1CCC(C(=O)N2CCCC3(CC3)C2)CC1. The summed E-state index contributed by atoms with van der Waals surface area (Å²) in [6.07, 6.45) is 8.07. The number of carbonyl (C=O) groups excluding carboxylic acids is 2. The zero-order valence-corrected chi connectivity index (χ0v) is 12.1. The average Bonchev–Trinajstić information content (AvgIpc) is 3.24. The van der Waals surface area contributed by atoms with E-state index in [-0.39, 0.29) is 11.8 Å². The number of carbonyl (C=O) groups is 2. The van der Waals surface area contributed by atoms with Crippen LogP contribution in [0.3, 0.4) is 0 Å². The molecule has 0 aromatic heterocycles. The number of likely N-dealkylation sites (tertiary alicyclic amines) is 2. The van der Waals surface area contributed by atoms with Crippen LogP contribution >= 0.6 is 0 Å². The average molecular weight is 276 g/mol. The molecule has 3 fully saturated rings. The number of piperidine rings is 2. The molecule has 0 unspecified atom stereocenters. The standard InChI is InChI=1S/C16H24N2O2/c1-2-14(19)17-10-4-13(5-11-17)15(20)18-9-3-6-16(12-18)7-8-16/h2,13H,1,3-12H2. The fourth-order valence-corrected chi connectivity index (χ4v) is 3.72. The topological polar surface area (TPSA) is 40.6 Å². The lowest BCUT2D eigenvalue weighted by atomic mass is 9.91. The van der Waals surface area contributed by atoms with E-state index in [4.69, 9.17) is 0 Å². The summed E-state index contributed by atoms with van der Waals surface area (Å²) >= 11 is 0. The zero-order chi connectivity index (χ0) is 14.2. The Bertz CT molecular complexity index is 420. The van der Waals surface area contributed by atoms with Crippen molar-refractivity contribution in [1.82, 2.24) is 9.80 Å². The van der Waals surface area contributed by atoms with Crippen LogP contribution in [0.1, 0.15) is 38.5 Å². The van der Waals surface area contributed by atoms with Gasteiger partial charge in [0.25, 0.3) is 0 Å². The number of nitrogens with zero attached hydrogens (tertiary/aromatic N) is 2. The molecule has 110 valence electrons. The summed E-state index contributed by atoms with van der Waals surface area (Å²) in [4.78, 5) is 28.1. The lowest BCUT2D eigenvalue weighted by molar-refractivity contribution is -0.141. The lowest BCUT2D eigenvalue weighted by Gasteiger charge is -2.38. The van der Waals surface area contributed by atoms with E-state index in [1.165, 1.54) is 31.8 Å². The largest absolute Gasteiger partial charge is 0.342 e. The summed E-state index contributed by atoms with van der Waals surface area (Å²) in [7, 11) is 0. The van der Waals surface area contributed by atoms with Gasteiger partial charge in [-0.15, -0.1) is 0 Å². The predicted molar refractivity (Wildman–Crippen MR) is 77.0 cm³/mol. The van der Waals surface area contributed by atoms with Gasteiger partial charge in [0.15, 0.2) is 0 Å². The number of rotatable bonds is 2. The van der Waals surface area contributed by atoms with Crippen molar-refractivity contribution in [3.8, 4) is 0 Å². The van der Waals surface area contributed by atoms with Crippen LogP contribution in [0.5, 0.6) is 0 Å². The second-order valence-electron chi connectivity index (χ2n) is 6.67. The molecule has 0 radical (unpaired) electrons. The summed E-state index contributed by atoms with van der Waals surface area (Å²) in [5, 5.41) is 0. The van der Waals surface area contributed by atoms with E-state index in [2.05, 4.69) is 11.5 Å². The fourth-order valence-electron chi connectivity index (χ4n) is 3.72. The molecule has 2 heterocycles. The van der Waals surface area contributed by atoms with Gasteiger partial charge in [0.2, 0.25) is 11.8 Å². The third-order valence-electron chi connectivity index (χ3n) is 5.26. The van der Waals surface area contributed by atoms with Crippen molar-refractivity contribution in [3.05, 3.63) is 12.7 Å². The van der Waals surface area contributed by atoms with Crippen LogP contribution in [0, 0.1) is 11.3 Å². The first-order chi connectivity index (χ1) is 9.63. The molecular weight excluding hydrogens is 252 g/mol. The molecule has 1 saturated carbocycles. The fraction of sp³-hybridized carbons (Fsp3) is 0.750. The van der Waals surface area contributed by atoms with Gasteiger partial charge in [-0.2, -0.15) is 0 Å². The molecule has 2 aliphatic heterocycles. The van der Waals surface area contributed by atoms with Crippen LogP contribution in [0.2, 0.25) is 0 Å². The van der Waals surface area contributed by atoms with Gasteiger partial charge in [0.1, 0.15) is 0 Å². The normalized spacial score (nSPS) is 25.6. The van der Waals surface area contributed by atoms with Crippen molar-refractivity contribution in [2.75, 3.05) is 26.2 Å². The van der Waals surface area contributed by atoms with E-state index in [1.54, 1.807) is 4.90 Å². The first-order valence-corrected chi connectivity index (χ1v) is 7.84. The van der Waals surface area contributed by atoms with Gasteiger partial charge in [0.05, 0.1) is 0 Å². The molecule has 2 saturated heterocycles. The highest BCUT2D eigenvalue weighted by molar-refractivity contribution is 5.87. The number of hydrogen-bond donors (Lipinski definition) is 0. The van der Waals surface area contributed by atoms with E-state index in [0.717, 1.165) is 25.9 Å². The van der Waals surface area contributed by atoms with Crippen molar-refractivity contribution in [2.24, 2.45) is 11.3 Å². The quantitative estimate of drug-likeness (QED) is 0.722. The minimum Gasteiger partial charge on any atom is -0.342 e. The van der Waals surface area contributed by atoms with Gasteiger partial charge in [-0.3, -0.25) is 9.59 Å². The minimum absolute atomic E-state index is 0.00851. The molecule has 3 rings (SSSR count). The van der Waals surface area contributed by atoms with Crippen molar-refractivity contribution >= 4 is 11.8 Å². The molecule has 4 nitrogen and oxygen atoms in total. The zero-order valence-electron chi connectivity index (χ0n) is 12.1. The maximum Gasteiger partial charge on any atom is 0.245 e. The van der Waals surface area contributed by atoms with Crippen LogP contribution in [-0.2, 0) is 9.59 Å². The highest BCUT2D eigenvalue weighted by Crippen LogP contribution is 2.52. The van der Waals surface area contributed by atoms with E-state index in [1.807, 2.05) is 0 Å². The molecule has 4 heteroatoms. The Morgan fingerprint density at radius 2 is 1.75 bits per heavy atom. The van der Waals surface area contributed by atoms with Crippen molar-refractivity contribution in [1.29, 1.82) is 0 Å². The van der Waals surface area contributed by atoms with E-state index < -0.39 is 0 Å². The first kappa shape index (κ1) is 13.7. The molecule has 20 heavy (non-hydrogen) atoms. The molecule has 0 aromatic rings. The Morgan fingerprint density at radius 3 is 2.35 bits per heavy atom. The molecule has 1 aliphatic carbocycles. The highest BCUT2D eigenvalue weighted by Gasteiger charge is 2.47.